The van der Waals surface area contributed by atoms with Crippen LogP contribution in [0.25, 0.3) is 0 Å². The normalized spacial score (nSPS) is 11.4. The first-order chi connectivity index (χ1) is 21.0. The smallest absolute Gasteiger partial charge is 0.264 e. The molecule has 4 rings (SSSR count). The number of nitrogens with one attached hydrogen (secondary N) is 1. The average molecular weight is 719 g/mol. The minimum Gasteiger partial charge on any atom is -0.493 e. The lowest BCUT2D eigenvalue weighted by molar-refractivity contribution is -0.119. The number of anilines is 1. The molecule has 0 aliphatic rings. The Morgan fingerprint density at radius 2 is 1.75 bits per heavy atom. The van der Waals surface area contributed by atoms with E-state index in [0.717, 1.165) is 21.0 Å². The molecule has 0 aromatic heterocycles. The molecule has 0 spiro atoms. The zero-order chi connectivity index (χ0) is 31.9. The van der Waals surface area contributed by atoms with E-state index >= 15 is 0 Å². The van der Waals surface area contributed by atoms with Crippen molar-refractivity contribution in [3.63, 3.8) is 0 Å². The van der Waals surface area contributed by atoms with Crippen LogP contribution in [0.2, 0.25) is 10.0 Å². The average Bonchev–Trinajstić information content (AvgIpc) is 3.01. The maximum Gasteiger partial charge on any atom is 0.264 e. The summed E-state index contributed by atoms with van der Waals surface area (Å²) in [6.45, 7) is 3.55. The van der Waals surface area contributed by atoms with E-state index in [-0.39, 0.29) is 11.5 Å². The number of aryl methyl sites for hydroxylation is 2. The second kappa shape index (κ2) is 14.9. The van der Waals surface area contributed by atoms with Crippen molar-refractivity contribution in [3.05, 3.63) is 116 Å². The van der Waals surface area contributed by atoms with Crippen molar-refractivity contribution in [2.45, 2.75) is 31.8 Å². The highest BCUT2D eigenvalue weighted by molar-refractivity contribution is 9.10. The van der Waals surface area contributed by atoms with Crippen LogP contribution in [0.15, 0.2) is 93.3 Å². The lowest BCUT2D eigenvalue weighted by Gasteiger charge is -2.25. The number of amides is 1. The fraction of sp³-hybridized carbons (Fsp3) is 0.188. The van der Waals surface area contributed by atoms with Crippen LogP contribution in [0, 0.1) is 6.92 Å². The molecule has 4 aromatic carbocycles. The Kier molecular flexibility index (Phi) is 11.3. The van der Waals surface area contributed by atoms with Crippen molar-refractivity contribution in [3.8, 4) is 11.5 Å². The summed E-state index contributed by atoms with van der Waals surface area (Å²) in [5.74, 6) is 0.278. The van der Waals surface area contributed by atoms with E-state index in [9.17, 15) is 13.2 Å². The summed E-state index contributed by atoms with van der Waals surface area (Å²) >= 11 is 15.6. The maximum absolute atomic E-state index is 13.7. The van der Waals surface area contributed by atoms with Crippen LogP contribution >= 0.6 is 39.1 Å². The van der Waals surface area contributed by atoms with E-state index in [1.165, 1.54) is 25.5 Å². The Morgan fingerprint density at radius 1 is 1.02 bits per heavy atom. The zero-order valence-corrected chi connectivity index (χ0v) is 28.1. The minimum atomic E-state index is -4.06. The molecular formula is C32H30BrCl2N3O5S. The van der Waals surface area contributed by atoms with Gasteiger partial charge in [-0.2, -0.15) is 5.10 Å². The molecule has 0 aliphatic heterocycles. The van der Waals surface area contributed by atoms with Gasteiger partial charge < -0.3 is 9.47 Å². The number of carbonyl (C=O) groups excluding carboxylic acids is 1. The number of hydrogen-bond donors (Lipinski definition) is 1. The molecule has 230 valence electrons. The number of benzene rings is 4. The number of hydrazone groups is 1. The van der Waals surface area contributed by atoms with Gasteiger partial charge in [-0.1, -0.05) is 72.1 Å². The molecule has 1 N–H and O–H groups in total. The van der Waals surface area contributed by atoms with E-state index in [1.54, 1.807) is 48.5 Å². The first-order valence-electron chi connectivity index (χ1n) is 13.5. The predicted octanol–water partition coefficient (Wildman–Crippen LogP) is 7.56. The van der Waals surface area contributed by atoms with Gasteiger partial charge in [-0.05, 0) is 88.4 Å². The van der Waals surface area contributed by atoms with Crippen LogP contribution in [-0.2, 0) is 27.8 Å². The number of rotatable bonds is 12. The summed E-state index contributed by atoms with van der Waals surface area (Å²) in [6, 6.07) is 22.3. The minimum absolute atomic E-state index is 0.0868. The van der Waals surface area contributed by atoms with Crippen molar-refractivity contribution in [1.29, 1.82) is 0 Å². The first-order valence-corrected chi connectivity index (χ1v) is 16.5. The molecule has 0 radical (unpaired) electrons. The van der Waals surface area contributed by atoms with Gasteiger partial charge in [0.25, 0.3) is 15.9 Å². The van der Waals surface area contributed by atoms with Crippen molar-refractivity contribution in [1.82, 2.24) is 5.43 Å². The van der Waals surface area contributed by atoms with E-state index in [0.29, 0.717) is 43.7 Å². The van der Waals surface area contributed by atoms with Crippen LogP contribution in [0.3, 0.4) is 0 Å². The Hall–Kier alpha value is -3.57. The molecule has 12 heteroatoms. The molecule has 1 amide bonds. The second-order valence-electron chi connectivity index (χ2n) is 9.67. The largest absolute Gasteiger partial charge is 0.493 e. The summed E-state index contributed by atoms with van der Waals surface area (Å²) in [6.07, 6.45) is 2.01. The summed E-state index contributed by atoms with van der Waals surface area (Å²) in [5, 5.41) is 4.95. The standard InChI is InChI=1S/C32H30BrCl2N3O5S/c1-4-24-7-5-6-8-29(24)38(44(40,41)25-12-9-21(2)10-13-25)19-31(39)37-36-18-23-15-26(33)32(30(17-23)42-3)43-20-22-11-14-27(34)28(35)16-22/h5-18H,4,19-20H2,1-3H3,(H,37,39)/b36-18-. The lowest BCUT2D eigenvalue weighted by atomic mass is 10.1. The van der Waals surface area contributed by atoms with Crippen molar-refractivity contribution < 1.29 is 22.7 Å². The summed E-state index contributed by atoms with van der Waals surface area (Å²) in [4.78, 5) is 13.1. The third-order valence-corrected chi connectivity index (χ3v) is 9.66. The highest BCUT2D eigenvalue weighted by Gasteiger charge is 2.28. The number of halogens is 3. The monoisotopic (exact) mass is 717 g/mol. The Labute approximate surface area is 275 Å². The fourth-order valence-electron chi connectivity index (χ4n) is 4.27. The van der Waals surface area contributed by atoms with Gasteiger partial charge in [-0.3, -0.25) is 9.10 Å². The summed E-state index contributed by atoms with van der Waals surface area (Å²) < 4.78 is 40.6. The molecule has 0 atom stereocenters. The number of hydrogen-bond acceptors (Lipinski definition) is 6. The van der Waals surface area contributed by atoms with E-state index in [4.69, 9.17) is 32.7 Å². The number of carbonyl (C=O) groups is 1. The summed E-state index contributed by atoms with van der Waals surface area (Å²) in [7, 11) is -2.55. The van der Waals surface area contributed by atoms with Crippen LogP contribution < -0.4 is 19.2 Å². The van der Waals surface area contributed by atoms with E-state index in [2.05, 4.69) is 26.5 Å². The van der Waals surface area contributed by atoms with Gasteiger partial charge in [0.2, 0.25) is 0 Å². The fourth-order valence-corrected chi connectivity index (χ4v) is 6.63. The number of ether oxygens (including phenoxy) is 2. The highest BCUT2D eigenvalue weighted by Crippen LogP contribution is 2.37. The Balaban J connectivity index is 1.51. The second-order valence-corrected chi connectivity index (χ2v) is 13.2. The third-order valence-electron chi connectivity index (χ3n) is 6.56. The van der Waals surface area contributed by atoms with E-state index < -0.39 is 22.5 Å². The Bertz CT molecular complexity index is 1780. The topological polar surface area (TPSA) is 97.3 Å². The van der Waals surface area contributed by atoms with Crippen molar-refractivity contribution in [2.24, 2.45) is 5.10 Å². The van der Waals surface area contributed by atoms with Gasteiger partial charge in [0.05, 0.1) is 38.4 Å². The molecule has 0 unspecified atom stereocenters. The molecule has 0 heterocycles. The predicted molar refractivity (Wildman–Crippen MR) is 179 cm³/mol. The highest BCUT2D eigenvalue weighted by atomic mass is 79.9. The van der Waals surface area contributed by atoms with Gasteiger partial charge in [0, 0.05) is 0 Å². The lowest BCUT2D eigenvalue weighted by Crippen LogP contribution is -2.40. The zero-order valence-electron chi connectivity index (χ0n) is 24.2. The summed E-state index contributed by atoms with van der Waals surface area (Å²) in [5.41, 5.74) is 6.00. The number of para-hydroxylation sites is 1. The molecule has 0 bridgehead atoms. The van der Waals surface area contributed by atoms with Crippen molar-refractivity contribution >= 4 is 67.0 Å². The van der Waals surface area contributed by atoms with Crippen molar-refractivity contribution in [2.75, 3.05) is 18.0 Å². The van der Waals surface area contributed by atoms with Crippen LogP contribution in [0.4, 0.5) is 5.69 Å². The molecule has 8 nitrogen and oxygen atoms in total. The van der Waals surface area contributed by atoms with Gasteiger partial charge >= 0.3 is 0 Å². The number of sulfonamides is 1. The maximum atomic E-state index is 13.7. The van der Waals surface area contributed by atoms with Crippen LogP contribution in [0.1, 0.15) is 29.2 Å². The van der Waals surface area contributed by atoms with E-state index in [1.807, 2.05) is 32.0 Å². The molecule has 0 fully saturated rings. The van der Waals surface area contributed by atoms with Gasteiger partial charge in [0.15, 0.2) is 11.5 Å². The number of methoxy groups -OCH3 is 1. The quantitative estimate of drug-likeness (QED) is 0.121. The molecular weight excluding hydrogens is 689 g/mol. The van der Waals surface area contributed by atoms with Gasteiger partial charge in [-0.15, -0.1) is 0 Å². The molecule has 4 aromatic rings. The van der Waals surface area contributed by atoms with Crippen LogP contribution in [-0.4, -0.2) is 34.2 Å². The third kappa shape index (κ3) is 8.12. The SMILES string of the molecule is CCc1ccccc1N(CC(=O)N/N=C\c1cc(Br)c(OCc2ccc(Cl)c(Cl)c2)c(OC)c1)S(=O)(=O)c1ccc(C)cc1. The molecule has 0 aliphatic carbocycles. The molecule has 44 heavy (non-hydrogen) atoms. The van der Waals surface area contributed by atoms with Gasteiger partial charge in [-0.25, -0.2) is 13.8 Å². The molecule has 0 saturated carbocycles. The van der Waals surface area contributed by atoms with Gasteiger partial charge in [0.1, 0.15) is 13.2 Å². The Morgan fingerprint density at radius 3 is 2.43 bits per heavy atom. The first kappa shape index (κ1) is 33.3. The van der Waals surface area contributed by atoms with Crippen LogP contribution in [0.5, 0.6) is 11.5 Å². The number of nitrogens with zero attached hydrogens (tertiary/aromatic N) is 2. The molecule has 0 saturated heterocycles.